The fraction of sp³-hybridized carbons (Fsp3) is 0.733. The van der Waals surface area contributed by atoms with Gasteiger partial charge < -0.3 is 21.3 Å². The van der Waals surface area contributed by atoms with E-state index in [1.165, 1.54) is 0 Å². The van der Waals surface area contributed by atoms with Crippen molar-refractivity contribution >= 4 is 17.6 Å². The van der Waals surface area contributed by atoms with E-state index >= 15 is 0 Å². The van der Waals surface area contributed by atoms with E-state index in [-0.39, 0.29) is 11.4 Å². The second-order valence-electron chi connectivity index (χ2n) is 7.12. The highest BCUT2D eigenvalue weighted by Gasteiger charge is 2.22. The molecule has 0 radical (unpaired) electrons. The second kappa shape index (κ2) is 6.05. The molecule has 21 heavy (non-hydrogen) atoms. The molecule has 4 N–H and O–H groups in total. The molecule has 0 aliphatic carbocycles. The van der Waals surface area contributed by atoms with E-state index in [9.17, 15) is 0 Å². The molecule has 1 aromatic heterocycles. The van der Waals surface area contributed by atoms with Gasteiger partial charge in [0.25, 0.3) is 0 Å². The Morgan fingerprint density at radius 1 is 1.05 bits per heavy atom. The van der Waals surface area contributed by atoms with Gasteiger partial charge in [0.05, 0.1) is 0 Å². The number of nitrogens with two attached hydrogens (primary N) is 2. The van der Waals surface area contributed by atoms with E-state index in [0.717, 1.165) is 50.4 Å². The lowest BCUT2D eigenvalue weighted by Gasteiger charge is -2.34. The lowest BCUT2D eigenvalue weighted by atomic mass is 9.88. The minimum absolute atomic E-state index is 0.257. The third-order valence-corrected chi connectivity index (χ3v) is 3.96. The van der Waals surface area contributed by atoms with Crippen LogP contribution in [-0.4, -0.2) is 48.1 Å². The van der Waals surface area contributed by atoms with Crippen LogP contribution in [0.1, 0.15) is 32.8 Å². The summed E-state index contributed by atoms with van der Waals surface area (Å²) < 4.78 is 0. The lowest BCUT2D eigenvalue weighted by Crippen LogP contribution is -2.45. The quantitative estimate of drug-likeness (QED) is 0.875. The highest BCUT2D eigenvalue weighted by molar-refractivity contribution is 5.60. The number of piperazine rings is 1. The van der Waals surface area contributed by atoms with Gasteiger partial charge in [0, 0.05) is 31.7 Å². The first-order valence-corrected chi connectivity index (χ1v) is 7.61. The predicted molar refractivity (Wildman–Crippen MR) is 88.3 cm³/mol. The average molecular weight is 292 g/mol. The summed E-state index contributed by atoms with van der Waals surface area (Å²) in [4.78, 5) is 13.2. The highest BCUT2D eigenvalue weighted by atomic mass is 15.3. The van der Waals surface area contributed by atoms with Gasteiger partial charge in [-0.25, -0.2) is 0 Å². The maximum atomic E-state index is 6.12. The molecule has 118 valence electrons. The Kier molecular flexibility index (Phi) is 4.56. The Morgan fingerprint density at radius 3 is 2.24 bits per heavy atom. The minimum Gasteiger partial charge on any atom is -0.383 e. The first kappa shape index (κ1) is 15.8. The van der Waals surface area contributed by atoms with E-state index in [4.69, 9.17) is 11.5 Å². The number of rotatable bonds is 3. The molecule has 1 fully saturated rings. The summed E-state index contributed by atoms with van der Waals surface area (Å²) in [5.74, 6) is 1.72. The summed E-state index contributed by atoms with van der Waals surface area (Å²) in [5.41, 5.74) is 13.2. The van der Waals surface area contributed by atoms with Gasteiger partial charge in [0.15, 0.2) is 0 Å². The van der Waals surface area contributed by atoms with Gasteiger partial charge in [-0.05, 0) is 25.3 Å². The molecule has 0 atom stereocenters. The number of hydrogen-bond donors (Lipinski definition) is 2. The molecule has 0 spiro atoms. The zero-order valence-electron chi connectivity index (χ0n) is 13.7. The van der Waals surface area contributed by atoms with E-state index in [1.54, 1.807) is 0 Å². The van der Waals surface area contributed by atoms with Crippen molar-refractivity contribution in [2.45, 2.75) is 33.6 Å². The smallest absolute Gasteiger partial charge is 0.223 e. The number of nitrogen functional groups attached to an aromatic ring is 2. The van der Waals surface area contributed by atoms with Gasteiger partial charge in [-0.3, -0.25) is 0 Å². The monoisotopic (exact) mass is 292 g/mol. The van der Waals surface area contributed by atoms with Gasteiger partial charge in [-0.2, -0.15) is 9.97 Å². The normalized spacial score (nSPS) is 17.2. The van der Waals surface area contributed by atoms with Crippen LogP contribution < -0.4 is 16.4 Å². The average Bonchev–Trinajstić information content (AvgIpc) is 2.36. The van der Waals surface area contributed by atoms with Crippen molar-refractivity contribution in [2.75, 3.05) is 49.6 Å². The zero-order valence-corrected chi connectivity index (χ0v) is 13.7. The molecule has 0 saturated carbocycles. The maximum absolute atomic E-state index is 6.12. The fourth-order valence-electron chi connectivity index (χ4n) is 2.53. The van der Waals surface area contributed by atoms with Crippen molar-refractivity contribution in [1.82, 2.24) is 14.9 Å². The Balaban J connectivity index is 2.25. The lowest BCUT2D eigenvalue weighted by molar-refractivity contribution is 0.311. The molecule has 1 aromatic rings. The molecule has 2 rings (SSSR count). The summed E-state index contributed by atoms with van der Waals surface area (Å²) in [5, 5.41) is 0. The van der Waals surface area contributed by atoms with Crippen molar-refractivity contribution in [1.29, 1.82) is 0 Å². The second-order valence-corrected chi connectivity index (χ2v) is 7.12. The summed E-state index contributed by atoms with van der Waals surface area (Å²) in [6.45, 7) is 10.7. The molecule has 1 saturated heterocycles. The molecule has 0 unspecified atom stereocenters. The third kappa shape index (κ3) is 4.20. The molecule has 0 aromatic carbocycles. The molecule has 1 aliphatic heterocycles. The van der Waals surface area contributed by atoms with E-state index in [2.05, 4.69) is 47.6 Å². The summed E-state index contributed by atoms with van der Waals surface area (Å²) >= 11 is 0. The summed E-state index contributed by atoms with van der Waals surface area (Å²) in [6.07, 6.45) is 1.93. The number of nitrogens with zero attached hydrogens (tertiary/aromatic N) is 4. The van der Waals surface area contributed by atoms with Gasteiger partial charge in [0.1, 0.15) is 11.6 Å². The zero-order chi connectivity index (χ0) is 15.6. The van der Waals surface area contributed by atoms with Gasteiger partial charge in [-0.1, -0.05) is 20.8 Å². The molecule has 6 heteroatoms. The predicted octanol–water partition coefficient (Wildman–Crippen LogP) is 1.37. The number of likely N-dealkylation sites (N-methyl/N-ethyl adjacent to an activating group) is 1. The molecule has 2 heterocycles. The molecule has 0 amide bonds. The topological polar surface area (TPSA) is 84.3 Å². The maximum Gasteiger partial charge on any atom is 0.223 e. The van der Waals surface area contributed by atoms with Gasteiger partial charge in [0.2, 0.25) is 5.95 Å². The van der Waals surface area contributed by atoms with Crippen LogP contribution in [0.15, 0.2) is 0 Å². The van der Waals surface area contributed by atoms with E-state index in [0.29, 0.717) is 5.82 Å². The minimum atomic E-state index is 0.257. The SMILES string of the molecule is CN1CCN(c2nc(N)nc(N)c2CCC(C)(C)C)CC1. The van der Waals surface area contributed by atoms with Crippen LogP contribution in [0.5, 0.6) is 0 Å². The molecular formula is C15H28N6. The van der Waals surface area contributed by atoms with Crippen LogP contribution in [0, 0.1) is 5.41 Å². The van der Waals surface area contributed by atoms with Crippen molar-refractivity contribution < 1.29 is 0 Å². The van der Waals surface area contributed by atoms with E-state index < -0.39 is 0 Å². The van der Waals surface area contributed by atoms with E-state index in [1.807, 2.05) is 0 Å². The summed E-state index contributed by atoms with van der Waals surface area (Å²) in [6, 6.07) is 0. The van der Waals surface area contributed by atoms with Crippen molar-refractivity contribution in [2.24, 2.45) is 5.41 Å². The van der Waals surface area contributed by atoms with Crippen LogP contribution in [0.4, 0.5) is 17.6 Å². The summed E-state index contributed by atoms with van der Waals surface area (Å²) in [7, 11) is 2.14. The molecule has 0 bridgehead atoms. The van der Waals surface area contributed by atoms with Crippen LogP contribution >= 0.6 is 0 Å². The number of hydrogen-bond acceptors (Lipinski definition) is 6. The van der Waals surface area contributed by atoms with Crippen LogP contribution in [-0.2, 0) is 6.42 Å². The Hall–Kier alpha value is -1.56. The van der Waals surface area contributed by atoms with Crippen molar-refractivity contribution in [3.63, 3.8) is 0 Å². The molecule has 1 aliphatic rings. The Labute approximate surface area is 127 Å². The first-order chi connectivity index (χ1) is 9.76. The van der Waals surface area contributed by atoms with Crippen LogP contribution in [0.2, 0.25) is 0 Å². The molecule has 6 nitrogen and oxygen atoms in total. The first-order valence-electron chi connectivity index (χ1n) is 7.61. The Morgan fingerprint density at radius 2 is 1.67 bits per heavy atom. The van der Waals surface area contributed by atoms with Gasteiger partial charge >= 0.3 is 0 Å². The number of aromatic nitrogens is 2. The third-order valence-electron chi connectivity index (χ3n) is 3.96. The van der Waals surface area contributed by atoms with Crippen molar-refractivity contribution in [3.8, 4) is 0 Å². The largest absolute Gasteiger partial charge is 0.383 e. The molecular weight excluding hydrogens is 264 g/mol. The fourth-order valence-corrected chi connectivity index (χ4v) is 2.53. The standard InChI is InChI=1S/C15H28N6/c1-15(2,3)6-5-11-12(16)18-14(17)19-13(11)21-9-7-20(4)8-10-21/h5-10H2,1-4H3,(H4,16,17,18,19). The van der Waals surface area contributed by atoms with Gasteiger partial charge in [-0.15, -0.1) is 0 Å². The van der Waals surface area contributed by atoms with Crippen LogP contribution in [0.3, 0.4) is 0 Å². The number of anilines is 3. The highest BCUT2D eigenvalue weighted by Crippen LogP contribution is 2.29. The van der Waals surface area contributed by atoms with Crippen LogP contribution in [0.25, 0.3) is 0 Å². The Bertz CT molecular complexity index is 486. The van der Waals surface area contributed by atoms with Crippen molar-refractivity contribution in [3.05, 3.63) is 5.56 Å².